The molecule has 0 spiro atoms. The normalized spacial score (nSPS) is 15.3. The highest BCUT2D eigenvalue weighted by Crippen LogP contribution is 2.34. The molecule has 1 N–H and O–H groups in total. The zero-order chi connectivity index (χ0) is 25.9. The van der Waals surface area contributed by atoms with E-state index in [1.807, 2.05) is 54.1 Å². The highest BCUT2D eigenvalue weighted by Gasteiger charge is 2.33. The van der Waals surface area contributed by atoms with Crippen LogP contribution in [-0.4, -0.2) is 30.1 Å². The van der Waals surface area contributed by atoms with Crippen LogP contribution in [0.1, 0.15) is 72.5 Å². The Morgan fingerprint density at radius 3 is 2.66 bits per heavy atom. The van der Waals surface area contributed by atoms with Crippen LogP contribution >= 0.6 is 0 Å². The topological polar surface area (TPSA) is 92.8 Å². The Morgan fingerprint density at radius 1 is 1.03 bits per heavy atom. The predicted molar refractivity (Wildman–Crippen MR) is 145 cm³/mol. The first kappa shape index (κ1) is 24.3. The molecule has 0 saturated heterocycles. The van der Waals surface area contributed by atoms with Crippen LogP contribution in [0.3, 0.4) is 0 Å². The fourth-order valence-corrected chi connectivity index (χ4v) is 5.66. The number of fused-ring (bicyclic) bond motifs is 1. The second-order valence-corrected chi connectivity index (χ2v) is 10.3. The summed E-state index contributed by atoms with van der Waals surface area (Å²) in [6.07, 6.45) is 7.31. The first-order valence-electron chi connectivity index (χ1n) is 13.4. The monoisotopic (exact) mass is 508 g/mol. The van der Waals surface area contributed by atoms with Gasteiger partial charge >= 0.3 is 0 Å². The molecule has 194 valence electrons. The Hall–Kier alpha value is -4.04. The highest BCUT2D eigenvalue weighted by atomic mass is 16.3. The minimum Gasteiger partial charge on any atom is -0.468 e. The van der Waals surface area contributed by atoms with E-state index in [9.17, 15) is 4.79 Å². The van der Waals surface area contributed by atoms with Crippen LogP contribution in [0, 0.1) is 6.92 Å². The van der Waals surface area contributed by atoms with Gasteiger partial charge in [-0.1, -0.05) is 61.7 Å². The molecule has 3 heterocycles. The SMILES string of the molecule is Cc1ccc2cc([C@H](c3nnnn3C3CCCCC3)N(Cc3ccccc3)Cc3ccco3)c(=O)[nH]c2c1. The lowest BCUT2D eigenvalue weighted by atomic mass is 9.95. The van der Waals surface area contributed by atoms with Crippen molar-refractivity contribution >= 4 is 10.9 Å². The van der Waals surface area contributed by atoms with Crippen molar-refractivity contribution in [3.63, 3.8) is 0 Å². The molecular formula is C30H32N6O2. The van der Waals surface area contributed by atoms with E-state index < -0.39 is 6.04 Å². The summed E-state index contributed by atoms with van der Waals surface area (Å²) in [6, 6.07) is 22.0. The highest BCUT2D eigenvalue weighted by molar-refractivity contribution is 5.79. The minimum atomic E-state index is -0.480. The number of aryl methyl sites for hydroxylation is 1. The molecule has 3 aromatic heterocycles. The van der Waals surface area contributed by atoms with Crippen molar-refractivity contribution in [2.75, 3.05) is 0 Å². The number of hydrogen-bond donors (Lipinski definition) is 1. The molecule has 1 atom stereocenters. The third-order valence-corrected chi connectivity index (χ3v) is 7.54. The number of rotatable bonds is 8. The maximum atomic E-state index is 13.7. The number of pyridine rings is 1. The van der Waals surface area contributed by atoms with Gasteiger partial charge in [0.1, 0.15) is 11.8 Å². The summed E-state index contributed by atoms with van der Waals surface area (Å²) in [5.41, 5.74) is 3.54. The lowest BCUT2D eigenvalue weighted by Crippen LogP contribution is -2.35. The maximum absolute atomic E-state index is 13.7. The van der Waals surface area contributed by atoms with Crippen LogP contribution in [0.4, 0.5) is 0 Å². The van der Waals surface area contributed by atoms with Gasteiger partial charge in [-0.2, -0.15) is 0 Å². The van der Waals surface area contributed by atoms with Crippen molar-refractivity contribution in [3.05, 3.63) is 112 Å². The molecular weight excluding hydrogens is 476 g/mol. The number of furan rings is 1. The van der Waals surface area contributed by atoms with Gasteiger partial charge < -0.3 is 9.40 Å². The number of aromatic nitrogens is 5. The second kappa shape index (κ2) is 10.8. The molecule has 0 aliphatic heterocycles. The van der Waals surface area contributed by atoms with E-state index in [0.717, 1.165) is 53.5 Å². The lowest BCUT2D eigenvalue weighted by molar-refractivity contribution is 0.173. The van der Waals surface area contributed by atoms with Crippen LogP contribution in [0.2, 0.25) is 0 Å². The van der Waals surface area contributed by atoms with Gasteiger partial charge in [0.15, 0.2) is 5.82 Å². The van der Waals surface area contributed by atoms with Crippen LogP contribution in [0.5, 0.6) is 0 Å². The van der Waals surface area contributed by atoms with Gasteiger partial charge in [-0.3, -0.25) is 9.69 Å². The Morgan fingerprint density at radius 2 is 1.87 bits per heavy atom. The number of aromatic amines is 1. The first-order chi connectivity index (χ1) is 18.7. The minimum absolute atomic E-state index is 0.135. The number of hydrogen-bond acceptors (Lipinski definition) is 6. The van der Waals surface area contributed by atoms with Gasteiger partial charge in [0.05, 0.1) is 18.8 Å². The fraction of sp³-hybridized carbons (Fsp3) is 0.333. The van der Waals surface area contributed by atoms with Gasteiger partial charge in [-0.15, -0.1) is 5.10 Å². The summed E-state index contributed by atoms with van der Waals surface area (Å²) in [5.74, 6) is 1.51. The Bertz CT molecular complexity index is 1550. The standard InChI is InChI=1S/C30H32N6O2/c1-21-14-15-23-18-26(30(37)31-27(23)17-21)28(29-32-33-34-36(29)24-11-6-3-7-12-24)35(20-25-13-8-16-38-25)19-22-9-4-2-5-10-22/h2,4-5,8-10,13-18,24,28H,3,6-7,11-12,19-20H2,1H3,(H,31,37)/t28-/m1/s1. The Balaban J connectivity index is 1.52. The van der Waals surface area contributed by atoms with E-state index in [1.165, 1.54) is 6.42 Å². The van der Waals surface area contributed by atoms with Crippen molar-refractivity contribution in [1.29, 1.82) is 0 Å². The van der Waals surface area contributed by atoms with Crippen molar-refractivity contribution < 1.29 is 4.42 Å². The summed E-state index contributed by atoms with van der Waals surface area (Å²) in [7, 11) is 0. The summed E-state index contributed by atoms with van der Waals surface area (Å²) >= 11 is 0. The lowest BCUT2D eigenvalue weighted by Gasteiger charge is -2.32. The summed E-state index contributed by atoms with van der Waals surface area (Å²) in [5, 5.41) is 14.2. The molecule has 1 aliphatic rings. The molecule has 2 aromatic carbocycles. The largest absolute Gasteiger partial charge is 0.468 e. The quantitative estimate of drug-likeness (QED) is 0.288. The second-order valence-electron chi connectivity index (χ2n) is 10.3. The molecule has 1 fully saturated rings. The number of nitrogens with one attached hydrogen (secondary N) is 1. The number of tetrazole rings is 1. The van der Waals surface area contributed by atoms with Gasteiger partial charge in [0.25, 0.3) is 5.56 Å². The molecule has 1 aliphatic carbocycles. The average molecular weight is 509 g/mol. The Kier molecular flexibility index (Phi) is 6.88. The molecule has 38 heavy (non-hydrogen) atoms. The number of nitrogens with zero attached hydrogens (tertiary/aromatic N) is 5. The van der Waals surface area contributed by atoms with Crippen molar-refractivity contribution in [2.45, 2.75) is 64.2 Å². The van der Waals surface area contributed by atoms with E-state index in [4.69, 9.17) is 4.42 Å². The third-order valence-electron chi connectivity index (χ3n) is 7.54. The van der Waals surface area contributed by atoms with Crippen molar-refractivity contribution in [3.8, 4) is 0 Å². The molecule has 5 aromatic rings. The van der Waals surface area contributed by atoms with E-state index in [1.54, 1.807) is 6.26 Å². The molecule has 0 unspecified atom stereocenters. The number of H-pyrrole nitrogens is 1. The van der Waals surface area contributed by atoms with Gasteiger partial charge in [0.2, 0.25) is 0 Å². The van der Waals surface area contributed by atoms with Crippen molar-refractivity contribution in [2.24, 2.45) is 0 Å². The molecule has 0 bridgehead atoms. The molecule has 1 saturated carbocycles. The van der Waals surface area contributed by atoms with Crippen LogP contribution in [0.15, 0.2) is 82.2 Å². The molecule has 6 rings (SSSR count). The molecule has 8 nitrogen and oxygen atoms in total. The first-order valence-corrected chi connectivity index (χ1v) is 13.4. The number of benzene rings is 2. The third kappa shape index (κ3) is 5.04. The fourth-order valence-electron chi connectivity index (χ4n) is 5.66. The smallest absolute Gasteiger partial charge is 0.253 e. The van der Waals surface area contributed by atoms with Crippen LogP contribution < -0.4 is 5.56 Å². The zero-order valence-corrected chi connectivity index (χ0v) is 21.6. The van der Waals surface area contributed by atoms with Crippen LogP contribution in [0.25, 0.3) is 10.9 Å². The predicted octanol–water partition coefficient (Wildman–Crippen LogP) is 5.71. The van der Waals surface area contributed by atoms with Gasteiger partial charge in [-0.05, 0) is 71.0 Å². The summed E-state index contributed by atoms with van der Waals surface area (Å²) in [6.45, 7) is 3.11. The molecule has 0 amide bonds. The zero-order valence-electron chi connectivity index (χ0n) is 21.6. The van der Waals surface area contributed by atoms with Crippen LogP contribution in [-0.2, 0) is 13.1 Å². The van der Waals surface area contributed by atoms with E-state index in [-0.39, 0.29) is 11.6 Å². The van der Waals surface area contributed by atoms with E-state index >= 15 is 0 Å². The maximum Gasteiger partial charge on any atom is 0.253 e. The van der Waals surface area contributed by atoms with Gasteiger partial charge in [0, 0.05) is 17.6 Å². The van der Waals surface area contributed by atoms with Gasteiger partial charge in [-0.25, -0.2) is 4.68 Å². The molecule has 8 heteroatoms. The Labute approximate surface area is 221 Å². The molecule has 0 radical (unpaired) electrons. The summed E-state index contributed by atoms with van der Waals surface area (Å²) in [4.78, 5) is 19.1. The van der Waals surface area contributed by atoms with E-state index in [2.05, 4.69) is 49.7 Å². The van der Waals surface area contributed by atoms with Crippen molar-refractivity contribution in [1.82, 2.24) is 30.1 Å². The van der Waals surface area contributed by atoms with E-state index in [0.29, 0.717) is 24.5 Å². The average Bonchev–Trinajstić information content (AvgIpc) is 3.63. The summed E-state index contributed by atoms with van der Waals surface area (Å²) < 4.78 is 7.75.